The van der Waals surface area contributed by atoms with Crippen LogP contribution in [0.25, 0.3) is 0 Å². The fourth-order valence-electron chi connectivity index (χ4n) is 5.11. The molecular weight excluding hydrogens is 578 g/mol. The molecule has 5 unspecified atom stereocenters. The van der Waals surface area contributed by atoms with E-state index in [1.165, 1.54) is 19.8 Å². The fraction of sp³-hybridized carbons (Fsp3) is 0.818. The molecular formula is C33H59N5O7. The van der Waals surface area contributed by atoms with Crippen LogP contribution in [-0.2, 0) is 33.5 Å². The molecule has 258 valence electrons. The van der Waals surface area contributed by atoms with E-state index in [0.717, 1.165) is 32.1 Å². The Morgan fingerprint density at radius 1 is 0.689 bits per heavy atom. The maximum absolute atomic E-state index is 13.5. The molecule has 0 aliphatic carbocycles. The number of rotatable bonds is 12. The lowest BCUT2D eigenvalue weighted by atomic mass is 9.98. The molecule has 1 fully saturated rings. The van der Waals surface area contributed by atoms with Gasteiger partial charge < -0.3 is 31.3 Å². The molecule has 45 heavy (non-hydrogen) atoms. The number of unbranched alkanes of at least 4 members (excludes halogenated alkanes) is 6. The first-order valence-corrected chi connectivity index (χ1v) is 16.8. The van der Waals surface area contributed by atoms with Crippen molar-refractivity contribution in [1.29, 1.82) is 0 Å². The number of hydrogen-bond acceptors (Lipinski definition) is 7. The number of ether oxygens (including phenoxy) is 1. The predicted octanol–water partition coefficient (Wildman–Crippen LogP) is 2.88. The lowest BCUT2D eigenvalue weighted by Gasteiger charge is -2.29. The van der Waals surface area contributed by atoms with E-state index in [1.807, 2.05) is 13.8 Å². The maximum atomic E-state index is 13.5. The minimum atomic E-state index is -1.02. The van der Waals surface area contributed by atoms with Crippen LogP contribution in [0.5, 0.6) is 0 Å². The van der Waals surface area contributed by atoms with Crippen LogP contribution < -0.4 is 26.6 Å². The van der Waals surface area contributed by atoms with Gasteiger partial charge in [-0.25, -0.2) is 4.79 Å². The van der Waals surface area contributed by atoms with Crippen molar-refractivity contribution < 1.29 is 33.5 Å². The molecule has 1 aliphatic heterocycles. The standard InChI is InChI=1S/C33H59N5O7/c1-9-10-11-12-13-14-15-16-24-18-26(39)34-19-27(40)35-23(8)30(41)37-28(21(4)5)32(43)36-25(17-20(2)3)31(42)38-29(22(6)7)33(44)45-24/h20-25,28-29H,9-19H2,1-8H3,(H,34,39)(H,35,40)(H,36,43)(H,37,41)(H,38,42). The molecule has 0 bridgehead atoms. The van der Waals surface area contributed by atoms with E-state index in [1.54, 1.807) is 27.7 Å². The highest BCUT2D eigenvalue weighted by atomic mass is 16.5. The molecule has 1 saturated heterocycles. The summed E-state index contributed by atoms with van der Waals surface area (Å²) in [4.78, 5) is 78.7. The van der Waals surface area contributed by atoms with Gasteiger partial charge in [-0.05, 0) is 43.9 Å². The van der Waals surface area contributed by atoms with Crippen LogP contribution in [0, 0.1) is 17.8 Å². The van der Waals surface area contributed by atoms with Crippen LogP contribution in [0.15, 0.2) is 0 Å². The summed E-state index contributed by atoms with van der Waals surface area (Å²) in [5.41, 5.74) is 0. The first kappa shape index (κ1) is 39.8. The van der Waals surface area contributed by atoms with Gasteiger partial charge >= 0.3 is 5.97 Å². The largest absolute Gasteiger partial charge is 0.460 e. The van der Waals surface area contributed by atoms with E-state index < -0.39 is 65.8 Å². The molecule has 1 rings (SSSR count). The third-order valence-electron chi connectivity index (χ3n) is 7.85. The zero-order valence-corrected chi connectivity index (χ0v) is 28.8. The smallest absolute Gasteiger partial charge is 0.329 e. The first-order chi connectivity index (χ1) is 21.2. The number of amides is 5. The quantitative estimate of drug-likeness (QED) is 0.162. The van der Waals surface area contributed by atoms with Gasteiger partial charge in [0.1, 0.15) is 30.3 Å². The summed E-state index contributed by atoms with van der Waals surface area (Å²) < 4.78 is 5.84. The van der Waals surface area contributed by atoms with Crippen molar-refractivity contribution in [3.63, 3.8) is 0 Å². The second-order valence-corrected chi connectivity index (χ2v) is 13.4. The summed E-state index contributed by atoms with van der Waals surface area (Å²) in [5.74, 6) is -4.04. The zero-order valence-electron chi connectivity index (χ0n) is 28.8. The van der Waals surface area contributed by atoms with Gasteiger partial charge in [0.15, 0.2) is 0 Å². The van der Waals surface area contributed by atoms with E-state index in [-0.39, 0.29) is 30.7 Å². The number of carbonyl (C=O) groups excluding carboxylic acids is 6. The van der Waals surface area contributed by atoms with E-state index in [0.29, 0.717) is 12.8 Å². The minimum absolute atomic E-state index is 0.0271. The van der Waals surface area contributed by atoms with Gasteiger partial charge in [0, 0.05) is 0 Å². The second-order valence-electron chi connectivity index (χ2n) is 13.4. The van der Waals surface area contributed by atoms with Gasteiger partial charge in [0.05, 0.1) is 13.0 Å². The average Bonchev–Trinajstić information content (AvgIpc) is 2.95. The van der Waals surface area contributed by atoms with Gasteiger partial charge in [-0.2, -0.15) is 0 Å². The molecule has 0 radical (unpaired) electrons. The van der Waals surface area contributed by atoms with E-state index in [9.17, 15) is 28.8 Å². The average molecular weight is 638 g/mol. The molecule has 1 heterocycles. The Kier molecular flexibility index (Phi) is 18.4. The molecule has 5 N–H and O–H groups in total. The number of esters is 1. The molecule has 0 spiro atoms. The van der Waals surface area contributed by atoms with Crippen LogP contribution in [0.2, 0.25) is 0 Å². The third kappa shape index (κ3) is 15.6. The van der Waals surface area contributed by atoms with Gasteiger partial charge in [0.2, 0.25) is 29.5 Å². The fourth-order valence-corrected chi connectivity index (χ4v) is 5.11. The summed E-state index contributed by atoms with van der Waals surface area (Å²) >= 11 is 0. The number of cyclic esters (lactones) is 1. The van der Waals surface area contributed by atoms with Crippen molar-refractivity contribution in [2.24, 2.45) is 17.8 Å². The lowest BCUT2D eigenvalue weighted by molar-refractivity contribution is -0.156. The molecule has 0 aromatic carbocycles. The maximum Gasteiger partial charge on any atom is 0.329 e. The Bertz CT molecular complexity index is 984. The van der Waals surface area contributed by atoms with Crippen LogP contribution in [0.1, 0.15) is 120 Å². The number of carbonyl (C=O) groups is 6. The lowest BCUT2D eigenvalue weighted by Crippen LogP contribution is -2.59. The molecule has 0 aromatic heterocycles. The summed E-state index contributed by atoms with van der Waals surface area (Å²) in [6.07, 6.45) is 7.23. The van der Waals surface area contributed by atoms with Crippen LogP contribution in [0.3, 0.4) is 0 Å². The van der Waals surface area contributed by atoms with E-state index >= 15 is 0 Å². The minimum Gasteiger partial charge on any atom is -0.460 e. The predicted molar refractivity (Wildman–Crippen MR) is 173 cm³/mol. The SMILES string of the molecule is CCCCCCCCCC1CC(=O)NCC(=O)NC(C)C(=O)NC(C(C)C)C(=O)NC(CC(C)C)C(=O)NC(C(C)C)C(=O)O1. The highest BCUT2D eigenvalue weighted by Gasteiger charge is 2.34. The Labute approximate surface area is 269 Å². The summed E-state index contributed by atoms with van der Waals surface area (Å²) in [7, 11) is 0. The van der Waals surface area contributed by atoms with Crippen LogP contribution in [-0.4, -0.2) is 72.3 Å². The van der Waals surface area contributed by atoms with Crippen molar-refractivity contribution in [1.82, 2.24) is 26.6 Å². The summed E-state index contributed by atoms with van der Waals surface area (Å²) in [5, 5.41) is 13.3. The zero-order chi connectivity index (χ0) is 34.1. The van der Waals surface area contributed by atoms with Crippen molar-refractivity contribution >= 4 is 35.5 Å². The second kappa shape index (κ2) is 20.8. The molecule has 0 saturated carbocycles. The number of hydrogen-bond donors (Lipinski definition) is 5. The topological polar surface area (TPSA) is 172 Å². The van der Waals surface area contributed by atoms with Gasteiger partial charge in [-0.15, -0.1) is 0 Å². The van der Waals surface area contributed by atoms with Gasteiger partial charge in [0.25, 0.3) is 0 Å². The summed E-state index contributed by atoms with van der Waals surface area (Å²) in [6.45, 7) is 14.2. The summed E-state index contributed by atoms with van der Waals surface area (Å²) in [6, 6.07) is -3.96. The van der Waals surface area contributed by atoms with Crippen molar-refractivity contribution in [2.45, 2.75) is 150 Å². The molecule has 1 aliphatic rings. The normalized spacial score (nSPS) is 25.0. The Balaban J connectivity index is 3.29. The van der Waals surface area contributed by atoms with Gasteiger partial charge in [-0.3, -0.25) is 24.0 Å². The number of nitrogens with one attached hydrogen (secondary N) is 5. The van der Waals surface area contributed by atoms with E-state index in [4.69, 9.17) is 4.74 Å². The highest BCUT2D eigenvalue weighted by Crippen LogP contribution is 2.17. The third-order valence-corrected chi connectivity index (χ3v) is 7.85. The molecule has 5 atom stereocenters. The molecule has 12 heteroatoms. The molecule has 0 aromatic rings. The van der Waals surface area contributed by atoms with Crippen molar-refractivity contribution in [3.8, 4) is 0 Å². The Morgan fingerprint density at radius 2 is 1.27 bits per heavy atom. The van der Waals surface area contributed by atoms with Crippen LogP contribution in [0.4, 0.5) is 0 Å². The molecule has 12 nitrogen and oxygen atoms in total. The first-order valence-electron chi connectivity index (χ1n) is 16.8. The Morgan fingerprint density at radius 3 is 1.84 bits per heavy atom. The monoisotopic (exact) mass is 637 g/mol. The van der Waals surface area contributed by atoms with Gasteiger partial charge in [-0.1, -0.05) is 87.0 Å². The van der Waals surface area contributed by atoms with Crippen molar-refractivity contribution in [2.75, 3.05) is 6.54 Å². The van der Waals surface area contributed by atoms with E-state index in [2.05, 4.69) is 33.5 Å². The Hall–Kier alpha value is -3.18. The van der Waals surface area contributed by atoms with Crippen molar-refractivity contribution in [3.05, 3.63) is 0 Å². The highest BCUT2D eigenvalue weighted by molar-refractivity contribution is 5.95. The van der Waals surface area contributed by atoms with Crippen LogP contribution >= 0.6 is 0 Å². The molecule has 5 amide bonds.